The predicted octanol–water partition coefficient (Wildman–Crippen LogP) is 5.32. The zero-order valence-electron chi connectivity index (χ0n) is 25.9. The number of ether oxygens (including phenoxy) is 3. The number of hydrogen-bond acceptors (Lipinski definition) is 7. The normalized spacial score (nSPS) is 12.7. The quantitative estimate of drug-likeness (QED) is 0.166. The third kappa shape index (κ3) is 20.6. The third-order valence-electron chi connectivity index (χ3n) is 5.14. The third-order valence-corrected chi connectivity index (χ3v) is 5.14. The Bertz CT molecular complexity index is 773. The van der Waals surface area contributed by atoms with Gasteiger partial charge in [0.2, 0.25) is 0 Å². The van der Waals surface area contributed by atoms with Gasteiger partial charge in [0, 0.05) is 25.2 Å². The highest BCUT2D eigenvalue weighted by atomic mass is 19.4. The lowest BCUT2D eigenvalue weighted by Gasteiger charge is -2.36. The number of rotatable bonds is 13. The molecule has 0 aromatic rings. The Morgan fingerprint density at radius 1 is 0.537 bits per heavy atom. The molecular weight excluding hydrogens is 549 g/mol. The fourth-order valence-corrected chi connectivity index (χ4v) is 3.67. The summed E-state index contributed by atoms with van der Waals surface area (Å²) in [6.45, 7) is 15.5. The minimum atomic E-state index is -5.12. The molecule has 11 nitrogen and oxygen atoms in total. The Balaban J connectivity index is 5.56. The van der Waals surface area contributed by atoms with Crippen LogP contribution >= 0.6 is 0 Å². The van der Waals surface area contributed by atoms with Crippen molar-refractivity contribution in [3.05, 3.63) is 0 Å². The van der Waals surface area contributed by atoms with Crippen molar-refractivity contribution in [1.29, 1.82) is 0 Å². The Morgan fingerprint density at radius 3 is 1.02 bits per heavy atom. The molecule has 14 heteroatoms. The molecule has 0 atom stereocenters. The summed E-state index contributed by atoms with van der Waals surface area (Å²) >= 11 is 0. The molecule has 0 radical (unpaired) electrons. The van der Waals surface area contributed by atoms with Crippen LogP contribution in [0, 0.1) is 0 Å². The highest BCUT2D eigenvalue weighted by molar-refractivity contribution is 5.82. The lowest BCUT2D eigenvalue weighted by Crippen LogP contribution is -2.53. The number of carbonyl (C=O) groups excluding carboxylic acids is 4. The van der Waals surface area contributed by atoms with E-state index < -0.39 is 52.7 Å². The van der Waals surface area contributed by atoms with Gasteiger partial charge in [-0.2, -0.15) is 13.2 Å². The van der Waals surface area contributed by atoms with Crippen molar-refractivity contribution >= 4 is 24.2 Å². The van der Waals surface area contributed by atoms with Crippen LogP contribution in [-0.4, -0.2) is 72.3 Å². The van der Waals surface area contributed by atoms with Crippen molar-refractivity contribution in [2.24, 2.45) is 0 Å². The van der Waals surface area contributed by atoms with Crippen LogP contribution < -0.4 is 21.3 Å². The van der Waals surface area contributed by atoms with Crippen LogP contribution in [0.3, 0.4) is 0 Å². The van der Waals surface area contributed by atoms with E-state index in [2.05, 4.69) is 21.3 Å². The standard InChI is InChI=1S/C27H49F3N4O7/c1-23(2,3)39-20(36)31-16-10-13-26(34-19(35)27(28,29)30,14-11-17-32-21(37)40-24(4,5)6)15-12-18-33-22(38)41-25(7,8)9/h10-18H2,1-9H3,(H,31,36)(H,32,37)(H,33,38)(H,34,35). The number of hydrogen-bond donors (Lipinski definition) is 4. The van der Waals surface area contributed by atoms with Crippen LogP contribution in [0.2, 0.25) is 0 Å². The molecular formula is C27H49F3N4O7. The fraction of sp³-hybridized carbons (Fsp3) is 0.852. The molecule has 0 aliphatic rings. The van der Waals surface area contributed by atoms with E-state index in [0.29, 0.717) is 0 Å². The molecule has 0 aliphatic carbocycles. The molecule has 0 aliphatic heterocycles. The molecule has 0 unspecified atom stereocenters. The number of carbonyl (C=O) groups is 4. The van der Waals surface area contributed by atoms with Crippen LogP contribution in [0.4, 0.5) is 27.6 Å². The lowest BCUT2D eigenvalue weighted by atomic mass is 9.83. The molecule has 0 saturated heterocycles. The van der Waals surface area contributed by atoms with Crippen molar-refractivity contribution in [2.75, 3.05) is 19.6 Å². The lowest BCUT2D eigenvalue weighted by molar-refractivity contribution is -0.176. The number of alkyl carbamates (subject to hydrolysis) is 3. The number of nitrogens with one attached hydrogen (secondary N) is 4. The predicted molar refractivity (Wildman–Crippen MR) is 147 cm³/mol. The number of halogens is 3. The summed E-state index contributed by atoms with van der Waals surface area (Å²) in [5.41, 5.74) is -3.53. The number of amides is 4. The first kappa shape index (κ1) is 38.1. The number of alkyl halides is 3. The van der Waals surface area contributed by atoms with Gasteiger partial charge in [-0.1, -0.05) is 0 Å². The zero-order valence-corrected chi connectivity index (χ0v) is 25.9. The SMILES string of the molecule is CC(C)(C)OC(=O)NCCCC(CCCNC(=O)OC(C)(C)C)(CCCNC(=O)OC(C)(C)C)NC(=O)C(F)(F)F. The van der Waals surface area contributed by atoms with Crippen LogP contribution in [0.25, 0.3) is 0 Å². The van der Waals surface area contributed by atoms with Gasteiger partial charge in [0.25, 0.3) is 0 Å². The molecule has 41 heavy (non-hydrogen) atoms. The summed E-state index contributed by atoms with van der Waals surface area (Å²) in [5.74, 6) is -2.10. The Labute approximate surface area is 241 Å². The van der Waals surface area contributed by atoms with Crippen molar-refractivity contribution < 1.29 is 46.6 Å². The monoisotopic (exact) mass is 598 g/mol. The van der Waals surface area contributed by atoms with Gasteiger partial charge in [-0.15, -0.1) is 0 Å². The van der Waals surface area contributed by atoms with Crippen LogP contribution in [-0.2, 0) is 19.0 Å². The summed E-state index contributed by atoms with van der Waals surface area (Å²) < 4.78 is 55.4. The summed E-state index contributed by atoms with van der Waals surface area (Å²) in [7, 11) is 0. The second-order valence-electron chi connectivity index (χ2n) is 12.8. The second kappa shape index (κ2) is 15.9. The van der Waals surface area contributed by atoms with E-state index in [0.717, 1.165) is 0 Å². The highest BCUT2D eigenvalue weighted by Gasteiger charge is 2.43. The smallest absolute Gasteiger partial charge is 0.444 e. The van der Waals surface area contributed by atoms with Gasteiger partial charge < -0.3 is 35.5 Å². The average Bonchev–Trinajstić information content (AvgIpc) is 2.73. The van der Waals surface area contributed by atoms with Crippen LogP contribution in [0.5, 0.6) is 0 Å². The summed E-state index contributed by atoms with van der Waals surface area (Å²) in [6, 6.07) is 0. The van der Waals surface area contributed by atoms with Crippen molar-refractivity contribution in [3.63, 3.8) is 0 Å². The first-order valence-electron chi connectivity index (χ1n) is 13.7. The summed E-state index contributed by atoms with van der Waals surface area (Å²) in [4.78, 5) is 48.0. The maximum absolute atomic E-state index is 13.3. The zero-order chi connectivity index (χ0) is 32.1. The highest BCUT2D eigenvalue weighted by Crippen LogP contribution is 2.28. The topological polar surface area (TPSA) is 144 Å². The summed E-state index contributed by atoms with van der Waals surface area (Å²) in [5, 5.41) is 9.83. The van der Waals surface area contributed by atoms with Crippen molar-refractivity contribution in [1.82, 2.24) is 21.3 Å². The van der Waals surface area contributed by atoms with E-state index in [1.165, 1.54) is 0 Å². The molecule has 4 amide bonds. The van der Waals surface area contributed by atoms with E-state index in [4.69, 9.17) is 14.2 Å². The van der Waals surface area contributed by atoms with E-state index in [9.17, 15) is 32.3 Å². The molecule has 240 valence electrons. The fourth-order valence-electron chi connectivity index (χ4n) is 3.67. The van der Waals surface area contributed by atoms with E-state index in [-0.39, 0.29) is 58.2 Å². The van der Waals surface area contributed by atoms with E-state index >= 15 is 0 Å². The molecule has 0 rings (SSSR count). The molecule has 0 saturated carbocycles. The molecule has 0 bridgehead atoms. The van der Waals surface area contributed by atoms with E-state index in [1.807, 2.05) is 0 Å². The second-order valence-corrected chi connectivity index (χ2v) is 12.8. The van der Waals surface area contributed by atoms with Gasteiger partial charge in [0.1, 0.15) is 16.8 Å². The van der Waals surface area contributed by atoms with Gasteiger partial charge in [0.05, 0.1) is 0 Å². The van der Waals surface area contributed by atoms with Crippen molar-refractivity contribution in [3.8, 4) is 0 Å². The first-order chi connectivity index (χ1) is 18.4. The minimum Gasteiger partial charge on any atom is -0.444 e. The average molecular weight is 599 g/mol. The Hall–Kier alpha value is -2.93. The van der Waals surface area contributed by atoms with Crippen LogP contribution in [0.1, 0.15) is 101 Å². The largest absolute Gasteiger partial charge is 0.471 e. The maximum Gasteiger partial charge on any atom is 0.471 e. The van der Waals surface area contributed by atoms with Gasteiger partial charge in [-0.05, 0) is 101 Å². The molecule has 0 aromatic carbocycles. The van der Waals surface area contributed by atoms with E-state index in [1.54, 1.807) is 62.3 Å². The van der Waals surface area contributed by atoms with Gasteiger partial charge in [-0.3, -0.25) is 4.79 Å². The van der Waals surface area contributed by atoms with Gasteiger partial charge >= 0.3 is 30.4 Å². The summed E-state index contributed by atoms with van der Waals surface area (Å²) in [6.07, 6.45) is -6.27. The molecule has 0 aromatic heterocycles. The molecule has 0 fully saturated rings. The van der Waals surface area contributed by atoms with Crippen molar-refractivity contribution in [2.45, 2.75) is 129 Å². The minimum absolute atomic E-state index is 0.0729. The van der Waals surface area contributed by atoms with Crippen LogP contribution in [0.15, 0.2) is 0 Å². The Morgan fingerprint density at radius 2 is 0.805 bits per heavy atom. The molecule has 0 spiro atoms. The molecule has 0 heterocycles. The molecule has 4 N–H and O–H groups in total. The maximum atomic E-state index is 13.3. The van der Waals surface area contributed by atoms with Gasteiger partial charge in [-0.25, -0.2) is 14.4 Å². The Kier molecular flexibility index (Phi) is 14.8. The first-order valence-corrected chi connectivity index (χ1v) is 13.7. The van der Waals surface area contributed by atoms with Gasteiger partial charge in [0.15, 0.2) is 0 Å².